The smallest absolute Gasteiger partial charge is 0.410 e. The number of halogens is 1. The van der Waals surface area contributed by atoms with Crippen LogP contribution in [-0.4, -0.2) is 41.0 Å². The second kappa shape index (κ2) is 7.84. The summed E-state index contributed by atoms with van der Waals surface area (Å²) in [6.45, 7) is 0.156. The van der Waals surface area contributed by atoms with E-state index in [2.05, 4.69) is 4.98 Å². The lowest BCUT2D eigenvalue weighted by molar-refractivity contribution is 0.0906. The van der Waals surface area contributed by atoms with Gasteiger partial charge in [0, 0.05) is 23.4 Å². The highest BCUT2D eigenvalue weighted by atomic mass is 19.1. The zero-order chi connectivity index (χ0) is 19.5. The molecule has 1 saturated heterocycles. The molecule has 1 fully saturated rings. The first-order chi connectivity index (χ1) is 13.7. The Morgan fingerprint density at radius 2 is 1.93 bits per heavy atom. The number of nitrogens with zero attached hydrogens (tertiary/aromatic N) is 1. The fourth-order valence-electron chi connectivity index (χ4n) is 3.86. The van der Waals surface area contributed by atoms with Gasteiger partial charge in [-0.25, -0.2) is 9.18 Å². The number of rotatable bonds is 5. The predicted octanol–water partition coefficient (Wildman–Crippen LogP) is 4.27. The van der Waals surface area contributed by atoms with Gasteiger partial charge < -0.3 is 14.6 Å². The summed E-state index contributed by atoms with van der Waals surface area (Å²) in [5, 5.41) is 0.921. The molecule has 1 amide bonds. The Morgan fingerprint density at radius 1 is 1.18 bits per heavy atom. The summed E-state index contributed by atoms with van der Waals surface area (Å²) in [5.41, 5.74) is 3.02. The van der Waals surface area contributed by atoms with Gasteiger partial charge in [-0.3, -0.25) is 4.79 Å². The molecule has 1 aliphatic heterocycles. The van der Waals surface area contributed by atoms with Crippen molar-refractivity contribution in [2.75, 3.05) is 6.54 Å². The molecule has 1 aliphatic rings. The minimum absolute atomic E-state index is 0.0110. The number of carbonyl (C=O) groups excluding carboxylic acids is 2. The van der Waals surface area contributed by atoms with Gasteiger partial charge >= 0.3 is 6.09 Å². The summed E-state index contributed by atoms with van der Waals surface area (Å²) in [6.07, 6.45) is -0.215. The van der Waals surface area contributed by atoms with Gasteiger partial charge in [0.2, 0.25) is 0 Å². The molecule has 0 bridgehead atoms. The highest BCUT2D eigenvalue weighted by Crippen LogP contribution is 2.29. The Labute approximate surface area is 162 Å². The number of aromatic amines is 1. The van der Waals surface area contributed by atoms with Crippen LogP contribution < -0.4 is 0 Å². The van der Waals surface area contributed by atoms with Crippen molar-refractivity contribution in [1.29, 1.82) is 0 Å². The van der Waals surface area contributed by atoms with Gasteiger partial charge in [0.25, 0.3) is 0 Å². The first-order valence-corrected chi connectivity index (χ1v) is 9.32. The molecule has 5 nitrogen and oxygen atoms in total. The fraction of sp³-hybridized carbons (Fsp3) is 0.273. The van der Waals surface area contributed by atoms with Gasteiger partial charge in [-0.05, 0) is 23.6 Å². The Morgan fingerprint density at radius 3 is 2.71 bits per heavy atom. The number of carbonyl (C=O) groups is 2. The molecule has 6 heteroatoms. The lowest BCUT2D eigenvalue weighted by Gasteiger charge is -2.23. The monoisotopic (exact) mass is 380 g/mol. The Bertz CT molecular complexity index is 986. The average molecular weight is 380 g/mol. The number of hydrogen-bond acceptors (Lipinski definition) is 3. The molecule has 28 heavy (non-hydrogen) atoms. The number of aromatic nitrogens is 1. The SMILES string of the molecule is O=Cc1[nH]c2ccccc2c1C[C@@H]1C[C@H](F)CN1C(=O)OCc1ccccc1. The molecule has 3 aromatic rings. The minimum atomic E-state index is -1.10. The van der Waals surface area contributed by atoms with E-state index >= 15 is 0 Å². The molecular weight excluding hydrogens is 359 g/mol. The summed E-state index contributed by atoms with van der Waals surface area (Å²) in [4.78, 5) is 28.6. The van der Waals surface area contributed by atoms with Crippen LogP contribution in [0.3, 0.4) is 0 Å². The molecule has 0 saturated carbocycles. The Balaban J connectivity index is 1.52. The number of nitrogens with one attached hydrogen (secondary N) is 1. The van der Waals surface area contributed by atoms with Crippen molar-refractivity contribution in [1.82, 2.24) is 9.88 Å². The topological polar surface area (TPSA) is 62.4 Å². The number of ether oxygens (including phenoxy) is 1. The van der Waals surface area contributed by atoms with Crippen LogP contribution in [0.4, 0.5) is 9.18 Å². The van der Waals surface area contributed by atoms with Crippen molar-refractivity contribution in [2.45, 2.75) is 31.7 Å². The summed E-state index contributed by atoms with van der Waals surface area (Å²) in [7, 11) is 0. The molecule has 4 rings (SSSR count). The lowest BCUT2D eigenvalue weighted by Crippen LogP contribution is -2.37. The molecule has 1 aromatic heterocycles. The first-order valence-electron chi connectivity index (χ1n) is 9.32. The third kappa shape index (κ3) is 3.63. The molecule has 2 atom stereocenters. The number of hydrogen-bond donors (Lipinski definition) is 1. The number of fused-ring (bicyclic) bond motifs is 1. The number of alkyl halides is 1. The third-order valence-corrected chi connectivity index (χ3v) is 5.21. The minimum Gasteiger partial charge on any atom is -0.445 e. The van der Waals surface area contributed by atoms with Crippen molar-refractivity contribution in [3.63, 3.8) is 0 Å². The van der Waals surface area contributed by atoms with Crippen LogP contribution in [-0.2, 0) is 17.8 Å². The van der Waals surface area contributed by atoms with Gasteiger partial charge in [-0.15, -0.1) is 0 Å². The number of H-pyrrole nitrogens is 1. The normalized spacial score (nSPS) is 19.1. The molecule has 1 N–H and O–H groups in total. The van der Waals surface area contributed by atoms with E-state index in [1.165, 1.54) is 4.90 Å². The molecule has 2 aromatic carbocycles. The fourth-order valence-corrected chi connectivity index (χ4v) is 3.86. The number of para-hydroxylation sites is 1. The maximum atomic E-state index is 14.1. The third-order valence-electron chi connectivity index (χ3n) is 5.21. The van der Waals surface area contributed by atoms with Crippen LogP contribution in [0.15, 0.2) is 54.6 Å². The van der Waals surface area contributed by atoms with Gasteiger partial charge in [-0.2, -0.15) is 0 Å². The average Bonchev–Trinajstić information content (AvgIpc) is 3.27. The highest BCUT2D eigenvalue weighted by Gasteiger charge is 2.37. The zero-order valence-electron chi connectivity index (χ0n) is 15.3. The molecule has 0 unspecified atom stereocenters. The molecular formula is C22H21FN2O3. The number of benzene rings is 2. The maximum Gasteiger partial charge on any atom is 0.410 e. The zero-order valence-corrected chi connectivity index (χ0v) is 15.3. The van der Waals surface area contributed by atoms with Crippen molar-refractivity contribution in [3.05, 3.63) is 71.4 Å². The standard InChI is InChI=1S/C22H21FN2O3/c23-16-10-17(11-19-18-8-4-5-9-20(18)24-21(19)13-26)25(12-16)22(27)28-14-15-6-2-1-3-7-15/h1-9,13,16-17,24H,10-12,14H2/t16-,17-/m0/s1. The quantitative estimate of drug-likeness (QED) is 0.673. The van der Waals surface area contributed by atoms with Crippen LogP contribution in [0.1, 0.15) is 28.0 Å². The summed E-state index contributed by atoms with van der Waals surface area (Å²) >= 11 is 0. The van der Waals surface area contributed by atoms with E-state index in [9.17, 15) is 14.0 Å². The van der Waals surface area contributed by atoms with Gasteiger partial charge in [-0.1, -0.05) is 48.5 Å². The second-order valence-electron chi connectivity index (χ2n) is 7.06. The van der Waals surface area contributed by atoms with Crippen LogP contribution >= 0.6 is 0 Å². The van der Waals surface area contributed by atoms with Crippen molar-refractivity contribution in [3.8, 4) is 0 Å². The molecule has 0 spiro atoms. The van der Waals surface area contributed by atoms with Crippen molar-refractivity contribution < 1.29 is 18.7 Å². The number of aldehydes is 1. The van der Waals surface area contributed by atoms with E-state index in [0.717, 1.165) is 28.3 Å². The van der Waals surface area contributed by atoms with E-state index in [1.807, 2.05) is 54.6 Å². The molecule has 0 aliphatic carbocycles. The van der Waals surface area contributed by atoms with E-state index in [0.29, 0.717) is 12.1 Å². The lowest BCUT2D eigenvalue weighted by atomic mass is 10.0. The van der Waals surface area contributed by atoms with E-state index < -0.39 is 12.3 Å². The summed E-state index contributed by atoms with van der Waals surface area (Å²) in [5.74, 6) is 0. The molecule has 2 heterocycles. The Kier molecular flexibility index (Phi) is 5.10. The summed E-state index contributed by atoms with van der Waals surface area (Å²) in [6, 6.07) is 16.6. The summed E-state index contributed by atoms with van der Waals surface area (Å²) < 4.78 is 19.5. The van der Waals surface area contributed by atoms with Crippen molar-refractivity contribution in [2.24, 2.45) is 0 Å². The van der Waals surface area contributed by atoms with Crippen LogP contribution in [0.25, 0.3) is 10.9 Å². The maximum absolute atomic E-state index is 14.1. The van der Waals surface area contributed by atoms with E-state index in [4.69, 9.17) is 4.74 Å². The number of amides is 1. The Hall–Kier alpha value is -3.15. The van der Waals surface area contributed by atoms with Crippen LogP contribution in [0.5, 0.6) is 0 Å². The van der Waals surface area contributed by atoms with Crippen molar-refractivity contribution >= 4 is 23.3 Å². The van der Waals surface area contributed by atoms with Crippen LogP contribution in [0, 0.1) is 0 Å². The number of likely N-dealkylation sites (tertiary alicyclic amines) is 1. The molecule has 144 valence electrons. The predicted molar refractivity (Wildman–Crippen MR) is 104 cm³/mol. The van der Waals surface area contributed by atoms with E-state index in [-0.39, 0.29) is 25.6 Å². The van der Waals surface area contributed by atoms with E-state index in [1.54, 1.807) is 0 Å². The second-order valence-corrected chi connectivity index (χ2v) is 7.06. The van der Waals surface area contributed by atoms with Gasteiger partial charge in [0.05, 0.1) is 12.2 Å². The molecule has 0 radical (unpaired) electrons. The largest absolute Gasteiger partial charge is 0.445 e. The van der Waals surface area contributed by atoms with Gasteiger partial charge in [0.15, 0.2) is 6.29 Å². The first kappa shape index (κ1) is 18.2. The van der Waals surface area contributed by atoms with Crippen LogP contribution in [0.2, 0.25) is 0 Å². The highest BCUT2D eigenvalue weighted by molar-refractivity contribution is 5.92. The van der Waals surface area contributed by atoms with Gasteiger partial charge in [0.1, 0.15) is 12.8 Å².